The maximum Gasteiger partial charge on any atom is 0.227 e. The summed E-state index contributed by atoms with van der Waals surface area (Å²) in [5.41, 5.74) is 1.75. The van der Waals surface area contributed by atoms with Gasteiger partial charge >= 0.3 is 0 Å². The van der Waals surface area contributed by atoms with Gasteiger partial charge in [-0.05, 0) is 30.2 Å². The molecular weight excluding hydrogens is 321 g/mol. The first kappa shape index (κ1) is 15.9. The van der Waals surface area contributed by atoms with E-state index < -0.39 is 5.82 Å². The van der Waals surface area contributed by atoms with Crippen LogP contribution in [0.25, 0.3) is 0 Å². The van der Waals surface area contributed by atoms with E-state index in [9.17, 15) is 9.18 Å². The van der Waals surface area contributed by atoms with Gasteiger partial charge in [0.05, 0.1) is 25.6 Å². The van der Waals surface area contributed by atoms with Crippen LogP contribution in [-0.4, -0.2) is 37.6 Å². The normalized spacial score (nSPS) is 21.3. The largest absolute Gasteiger partial charge is 0.494 e. The van der Waals surface area contributed by atoms with E-state index in [1.54, 1.807) is 12.1 Å². The lowest BCUT2D eigenvalue weighted by molar-refractivity contribution is -0.129. The molecule has 2 heterocycles. The van der Waals surface area contributed by atoms with Gasteiger partial charge in [0.1, 0.15) is 5.75 Å². The van der Waals surface area contributed by atoms with Gasteiger partial charge < -0.3 is 14.4 Å². The van der Waals surface area contributed by atoms with Crippen molar-refractivity contribution in [1.82, 2.24) is 4.90 Å². The zero-order chi connectivity index (χ0) is 17.4. The average molecular weight is 341 g/mol. The third-order valence-corrected chi connectivity index (χ3v) is 5.24. The molecule has 130 valence electrons. The third kappa shape index (κ3) is 2.73. The number of hydrogen-bond acceptors (Lipinski definition) is 3. The first-order chi connectivity index (χ1) is 12.1. The van der Waals surface area contributed by atoms with Crippen LogP contribution in [0.15, 0.2) is 42.5 Å². The Morgan fingerprint density at radius 3 is 2.96 bits per heavy atom. The van der Waals surface area contributed by atoms with Crippen LogP contribution in [0.2, 0.25) is 0 Å². The zero-order valence-electron chi connectivity index (χ0n) is 14.1. The van der Waals surface area contributed by atoms with Crippen molar-refractivity contribution in [2.75, 3.05) is 26.8 Å². The number of amides is 1. The van der Waals surface area contributed by atoms with E-state index in [1.807, 2.05) is 23.1 Å². The molecule has 2 aromatic carbocycles. The van der Waals surface area contributed by atoms with Gasteiger partial charge in [-0.25, -0.2) is 4.39 Å². The second kappa shape index (κ2) is 6.06. The summed E-state index contributed by atoms with van der Waals surface area (Å²) in [7, 11) is 1.43. The number of fused-ring (bicyclic) bond motifs is 2. The molecule has 5 heteroatoms. The van der Waals surface area contributed by atoms with E-state index in [4.69, 9.17) is 9.47 Å². The number of likely N-dealkylation sites (tertiary alicyclic amines) is 1. The fraction of sp³-hybridized carbons (Fsp3) is 0.350. The highest BCUT2D eigenvalue weighted by atomic mass is 19.1. The Labute approximate surface area is 146 Å². The van der Waals surface area contributed by atoms with Crippen LogP contribution in [0.1, 0.15) is 17.5 Å². The van der Waals surface area contributed by atoms with Gasteiger partial charge in [0, 0.05) is 18.7 Å². The highest BCUT2D eigenvalue weighted by Crippen LogP contribution is 2.44. The SMILES string of the molecule is COc1ccc(CC(=O)N2CCC3(COc4ccccc43)C2)cc1F. The van der Waals surface area contributed by atoms with Crippen LogP contribution in [-0.2, 0) is 16.6 Å². The fourth-order valence-corrected chi connectivity index (χ4v) is 3.85. The first-order valence-electron chi connectivity index (χ1n) is 8.44. The number of hydrogen-bond donors (Lipinski definition) is 0. The zero-order valence-corrected chi connectivity index (χ0v) is 14.1. The van der Waals surface area contributed by atoms with E-state index in [-0.39, 0.29) is 23.5 Å². The predicted octanol–water partition coefficient (Wildman–Crippen LogP) is 2.94. The first-order valence-corrected chi connectivity index (χ1v) is 8.44. The van der Waals surface area contributed by atoms with E-state index in [1.165, 1.54) is 18.7 Å². The minimum atomic E-state index is -0.441. The van der Waals surface area contributed by atoms with Gasteiger partial charge in [-0.15, -0.1) is 0 Å². The van der Waals surface area contributed by atoms with Crippen LogP contribution in [0.4, 0.5) is 4.39 Å². The van der Waals surface area contributed by atoms with E-state index in [0.29, 0.717) is 25.3 Å². The highest BCUT2D eigenvalue weighted by Gasteiger charge is 2.46. The molecule has 4 nitrogen and oxygen atoms in total. The molecule has 4 rings (SSSR count). The van der Waals surface area contributed by atoms with Crippen molar-refractivity contribution < 1.29 is 18.7 Å². The minimum absolute atomic E-state index is 0.0193. The summed E-state index contributed by atoms with van der Waals surface area (Å²) >= 11 is 0. The summed E-state index contributed by atoms with van der Waals surface area (Å²) in [6.45, 7) is 1.98. The Morgan fingerprint density at radius 2 is 2.16 bits per heavy atom. The molecule has 1 atom stereocenters. The lowest BCUT2D eigenvalue weighted by Gasteiger charge is -2.23. The van der Waals surface area contributed by atoms with Crippen LogP contribution in [0, 0.1) is 5.82 Å². The molecule has 1 unspecified atom stereocenters. The van der Waals surface area contributed by atoms with E-state index in [0.717, 1.165) is 12.2 Å². The number of carbonyl (C=O) groups is 1. The standard InChI is InChI=1S/C20H20FNO3/c1-24-18-7-6-14(10-16(18)21)11-19(23)22-9-8-20(12-22)13-25-17-5-3-2-4-15(17)20/h2-7,10H,8-9,11-13H2,1H3. The number of nitrogens with zero attached hydrogens (tertiary/aromatic N) is 1. The highest BCUT2D eigenvalue weighted by molar-refractivity contribution is 5.79. The second-order valence-corrected chi connectivity index (χ2v) is 6.78. The van der Waals surface area contributed by atoms with Crippen molar-refractivity contribution in [3.63, 3.8) is 0 Å². The molecule has 1 saturated heterocycles. The summed E-state index contributed by atoms with van der Waals surface area (Å²) in [5, 5.41) is 0. The smallest absolute Gasteiger partial charge is 0.227 e. The Morgan fingerprint density at radius 1 is 1.32 bits per heavy atom. The number of carbonyl (C=O) groups excluding carboxylic acids is 1. The Kier molecular flexibility index (Phi) is 3.86. The van der Waals surface area contributed by atoms with Crippen molar-refractivity contribution in [3.8, 4) is 11.5 Å². The molecule has 25 heavy (non-hydrogen) atoms. The van der Waals surface area contributed by atoms with Crippen LogP contribution >= 0.6 is 0 Å². The maximum absolute atomic E-state index is 13.8. The Bertz CT molecular complexity index is 822. The van der Waals surface area contributed by atoms with Crippen molar-refractivity contribution in [3.05, 3.63) is 59.4 Å². The number of benzene rings is 2. The minimum Gasteiger partial charge on any atom is -0.494 e. The van der Waals surface area contributed by atoms with Gasteiger partial charge in [0.25, 0.3) is 0 Å². The summed E-state index contributed by atoms with van der Waals surface area (Å²) in [6.07, 6.45) is 1.09. The monoisotopic (exact) mass is 341 g/mol. The molecule has 1 amide bonds. The molecule has 2 aliphatic heterocycles. The second-order valence-electron chi connectivity index (χ2n) is 6.78. The number of halogens is 1. The van der Waals surface area contributed by atoms with Gasteiger partial charge in [0.2, 0.25) is 5.91 Å². The molecule has 0 bridgehead atoms. The molecule has 0 radical (unpaired) electrons. The lowest BCUT2D eigenvalue weighted by Crippen LogP contribution is -2.36. The van der Waals surface area contributed by atoms with Gasteiger partial charge in [-0.1, -0.05) is 24.3 Å². The lowest BCUT2D eigenvalue weighted by atomic mass is 9.82. The van der Waals surface area contributed by atoms with Crippen molar-refractivity contribution in [2.24, 2.45) is 0 Å². The predicted molar refractivity (Wildman–Crippen MR) is 91.5 cm³/mol. The maximum atomic E-state index is 13.8. The average Bonchev–Trinajstić information content (AvgIpc) is 3.21. The van der Waals surface area contributed by atoms with Crippen LogP contribution in [0.5, 0.6) is 11.5 Å². The quantitative estimate of drug-likeness (QED) is 0.862. The van der Waals surface area contributed by atoms with Crippen molar-refractivity contribution >= 4 is 5.91 Å². The Hall–Kier alpha value is -2.56. The molecule has 0 aliphatic carbocycles. The van der Waals surface area contributed by atoms with Crippen LogP contribution < -0.4 is 9.47 Å². The molecule has 0 saturated carbocycles. The molecule has 1 spiro atoms. The van der Waals surface area contributed by atoms with E-state index in [2.05, 4.69) is 6.07 Å². The molecule has 2 aliphatic rings. The number of rotatable bonds is 3. The third-order valence-electron chi connectivity index (χ3n) is 5.24. The van der Waals surface area contributed by atoms with Gasteiger partial charge in [0.15, 0.2) is 11.6 Å². The number of methoxy groups -OCH3 is 1. The number of ether oxygens (including phenoxy) is 2. The molecular formula is C20H20FNO3. The summed E-state index contributed by atoms with van der Waals surface area (Å²) in [5.74, 6) is 0.694. The summed E-state index contributed by atoms with van der Waals surface area (Å²) in [6, 6.07) is 12.7. The molecule has 2 aromatic rings. The summed E-state index contributed by atoms with van der Waals surface area (Å²) < 4.78 is 24.6. The van der Waals surface area contributed by atoms with Crippen molar-refractivity contribution in [2.45, 2.75) is 18.3 Å². The number of para-hydroxylation sites is 1. The van der Waals surface area contributed by atoms with Gasteiger partial charge in [-0.2, -0.15) is 0 Å². The Balaban J connectivity index is 1.47. The van der Waals surface area contributed by atoms with Crippen molar-refractivity contribution in [1.29, 1.82) is 0 Å². The molecule has 0 N–H and O–H groups in total. The summed E-state index contributed by atoms with van der Waals surface area (Å²) in [4.78, 5) is 14.5. The van der Waals surface area contributed by atoms with Crippen LogP contribution in [0.3, 0.4) is 0 Å². The topological polar surface area (TPSA) is 38.8 Å². The van der Waals surface area contributed by atoms with E-state index >= 15 is 0 Å². The fourth-order valence-electron chi connectivity index (χ4n) is 3.85. The van der Waals surface area contributed by atoms with Gasteiger partial charge in [-0.3, -0.25) is 4.79 Å². The molecule has 1 fully saturated rings. The molecule has 0 aromatic heterocycles.